The molecule has 0 aromatic heterocycles. The van der Waals surface area contributed by atoms with Crippen molar-refractivity contribution in [2.75, 3.05) is 57.3 Å². The Balaban J connectivity index is 1.61. The topological polar surface area (TPSA) is 39.8 Å². The molecule has 5 heteroatoms. The average molecular weight is 340 g/mol. The van der Waals surface area contributed by atoms with Crippen LogP contribution in [0.15, 0.2) is 24.3 Å². The average Bonchev–Trinajstić information content (AvgIpc) is 2.62. The van der Waals surface area contributed by atoms with Crippen LogP contribution < -0.4 is 20.4 Å². The number of hydrogen-bond acceptors (Lipinski definition) is 1. The second-order valence-electron chi connectivity index (χ2n) is 7.20. The van der Waals surface area contributed by atoms with Crippen molar-refractivity contribution in [2.45, 2.75) is 25.3 Å². The maximum Gasteiger partial charge on any atom is 0.158 e. The summed E-state index contributed by atoms with van der Waals surface area (Å²) in [6.07, 6.45) is 2.68. The fraction of sp³-hybridized carbons (Fsp3) is 0.667. The van der Waals surface area contributed by atoms with E-state index >= 15 is 0 Å². The third-order valence-corrected chi connectivity index (χ3v) is 6.42. The predicted molar refractivity (Wildman–Crippen MR) is 95.3 cm³/mol. The Morgan fingerprint density at radius 2 is 1.87 bits per heavy atom. The molecule has 2 fully saturated rings. The lowest BCUT2D eigenvalue weighted by Crippen LogP contribution is -3.27. The van der Waals surface area contributed by atoms with Gasteiger partial charge in [0, 0.05) is 10.7 Å². The summed E-state index contributed by atoms with van der Waals surface area (Å²) < 4.78 is 0. The van der Waals surface area contributed by atoms with E-state index in [4.69, 9.17) is 11.6 Å². The second kappa shape index (κ2) is 7.39. The van der Waals surface area contributed by atoms with Crippen LogP contribution in [0.4, 0.5) is 5.69 Å². The number of benzene rings is 1. The van der Waals surface area contributed by atoms with Crippen molar-refractivity contribution in [1.82, 2.24) is 0 Å². The zero-order valence-electron chi connectivity index (χ0n) is 14.4. The van der Waals surface area contributed by atoms with Gasteiger partial charge in [0.1, 0.15) is 6.54 Å². The molecule has 4 nitrogen and oxygen atoms in total. The van der Waals surface area contributed by atoms with Crippen LogP contribution in [-0.4, -0.2) is 57.9 Å². The molecule has 2 saturated heterocycles. The van der Waals surface area contributed by atoms with Crippen LogP contribution >= 0.6 is 11.6 Å². The zero-order valence-corrected chi connectivity index (χ0v) is 15.2. The minimum atomic E-state index is 0.430. The SMILES string of the molecule is CC[NH+]1CCC(C[NH3+])([NH+]2CCN(c3cccc(Cl)c3)CC2)CC1. The van der Waals surface area contributed by atoms with Gasteiger partial charge >= 0.3 is 0 Å². The van der Waals surface area contributed by atoms with Crippen molar-refractivity contribution in [2.24, 2.45) is 0 Å². The zero-order chi connectivity index (χ0) is 16.3. The first-order valence-electron chi connectivity index (χ1n) is 9.15. The maximum atomic E-state index is 6.14. The minimum Gasteiger partial charge on any atom is -0.360 e. The molecule has 23 heavy (non-hydrogen) atoms. The largest absolute Gasteiger partial charge is 0.360 e. The number of anilines is 1. The number of halogens is 1. The normalized spacial score (nSPS) is 29.7. The van der Waals surface area contributed by atoms with E-state index in [-0.39, 0.29) is 0 Å². The van der Waals surface area contributed by atoms with Gasteiger partial charge in [0.2, 0.25) is 0 Å². The van der Waals surface area contributed by atoms with Crippen LogP contribution in [0.2, 0.25) is 5.02 Å². The molecule has 0 aliphatic carbocycles. The van der Waals surface area contributed by atoms with Gasteiger partial charge in [-0.3, -0.25) is 0 Å². The lowest BCUT2D eigenvalue weighted by Gasteiger charge is -2.46. The number of hydrogen-bond donors (Lipinski definition) is 3. The van der Waals surface area contributed by atoms with Crippen molar-refractivity contribution in [3.05, 3.63) is 29.3 Å². The number of likely N-dealkylation sites (tertiary alicyclic amines) is 1. The number of nitrogens with zero attached hydrogens (tertiary/aromatic N) is 1. The summed E-state index contributed by atoms with van der Waals surface area (Å²) >= 11 is 6.14. The van der Waals surface area contributed by atoms with Crippen molar-refractivity contribution in [3.63, 3.8) is 0 Å². The highest BCUT2D eigenvalue weighted by Gasteiger charge is 2.46. The minimum absolute atomic E-state index is 0.430. The third kappa shape index (κ3) is 3.66. The van der Waals surface area contributed by atoms with Gasteiger partial charge in [-0.25, -0.2) is 0 Å². The summed E-state index contributed by atoms with van der Waals surface area (Å²) in [6.45, 7) is 12.0. The maximum absolute atomic E-state index is 6.14. The van der Waals surface area contributed by atoms with Gasteiger partial charge in [0.15, 0.2) is 5.54 Å². The Morgan fingerprint density at radius 1 is 1.17 bits per heavy atom. The highest BCUT2D eigenvalue weighted by atomic mass is 35.5. The quantitative estimate of drug-likeness (QED) is 0.628. The molecule has 0 radical (unpaired) electrons. The van der Waals surface area contributed by atoms with Crippen LogP contribution in [0, 0.1) is 0 Å². The molecular formula is C18H32ClN4+3. The predicted octanol–water partition coefficient (Wildman–Crippen LogP) is -1.28. The summed E-state index contributed by atoms with van der Waals surface area (Å²) in [5, 5.41) is 0.835. The van der Waals surface area contributed by atoms with E-state index < -0.39 is 0 Å². The van der Waals surface area contributed by atoms with E-state index in [1.807, 2.05) is 6.07 Å². The lowest BCUT2D eigenvalue weighted by molar-refractivity contribution is -0.985. The van der Waals surface area contributed by atoms with Crippen LogP contribution in [-0.2, 0) is 0 Å². The van der Waals surface area contributed by atoms with Gasteiger partial charge in [-0.1, -0.05) is 17.7 Å². The molecular weight excluding hydrogens is 308 g/mol. The first-order chi connectivity index (χ1) is 11.2. The monoisotopic (exact) mass is 339 g/mol. The highest BCUT2D eigenvalue weighted by Crippen LogP contribution is 2.20. The lowest BCUT2D eigenvalue weighted by atomic mass is 9.85. The second-order valence-corrected chi connectivity index (χ2v) is 7.64. The van der Waals surface area contributed by atoms with Gasteiger partial charge in [0.25, 0.3) is 0 Å². The Hall–Kier alpha value is -0.810. The number of rotatable bonds is 4. The molecule has 0 spiro atoms. The first kappa shape index (κ1) is 17.0. The molecule has 2 aliphatic rings. The molecule has 0 bridgehead atoms. The first-order valence-corrected chi connectivity index (χ1v) is 9.53. The van der Waals surface area contributed by atoms with E-state index in [1.165, 1.54) is 51.3 Å². The van der Waals surface area contributed by atoms with E-state index in [2.05, 4.69) is 35.8 Å². The van der Waals surface area contributed by atoms with Gasteiger partial charge in [0.05, 0.1) is 58.7 Å². The highest BCUT2D eigenvalue weighted by molar-refractivity contribution is 6.30. The van der Waals surface area contributed by atoms with E-state index in [1.54, 1.807) is 9.80 Å². The Kier molecular flexibility index (Phi) is 5.47. The van der Waals surface area contributed by atoms with Crippen molar-refractivity contribution >= 4 is 17.3 Å². The van der Waals surface area contributed by atoms with E-state index in [9.17, 15) is 0 Å². The third-order valence-electron chi connectivity index (χ3n) is 6.18. The van der Waals surface area contributed by atoms with Crippen LogP contribution in [0.3, 0.4) is 0 Å². The molecule has 3 rings (SSSR count). The summed E-state index contributed by atoms with van der Waals surface area (Å²) in [6, 6.07) is 8.27. The standard InChI is InChI=1S/C18H29ClN4/c1-2-21-8-6-18(15-20,7-9-21)23-12-10-22(11-13-23)17-5-3-4-16(19)14-17/h3-5,14H,2,6-13,15,20H2,1H3/p+3. The van der Waals surface area contributed by atoms with Gasteiger partial charge in [-0.05, 0) is 25.1 Å². The van der Waals surface area contributed by atoms with Crippen LogP contribution in [0.5, 0.6) is 0 Å². The number of piperazine rings is 1. The fourth-order valence-corrected chi connectivity index (χ4v) is 4.64. The van der Waals surface area contributed by atoms with Gasteiger partial charge in [-0.15, -0.1) is 0 Å². The van der Waals surface area contributed by atoms with Crippen molar-refractivity contribution < 1.29 is 15.5 Å². The van der Waals surface area contributed by atoms with Crippen molar-refractivity contribution in [3.8, 4) is 0 Å². The summed E-state index contributed by atoms with van der Waals surface area (Å²) in [4.78, 5) is 6.05. The Labute approximate surface area is 145 Å². The van der Waals surface area contributed by atoms with Gasteiger partial charge < -0.3 is 20.4 Å². The Bertz CT molecular complexity index is 505. The molecule has 0 saturated carbocycles. The number of piperidine rings is 1. The molecule has 2 aliphatic heterocycles. The molecule has 0 atom stereocenters. The molecule has 0 amide bonds. The fourth-order valence-electron chi connectivity index (χ4n) is 4.45. The molecule has 0 unspecified atom stereocenters. The van der Waals surface area contributed by atoms with Crippen LogP contribution in [0.1, 0.15) is 19.8 Å². The summed E-state index contributed by atoms with van der Waals surface area (Å²) in [5.74, 6) is 0. The number of nitrogens with one attached hydrogen (secondary N) is 2. The molecule has 1 aromatic carbocycles. The molecule has 2 heterocycles. The van der Waals surface area contributed by atoms with E-state index in [0.717, 1.165) is 24.7 Å². The van der Waals surface area contributed by atoms with Crippen molar-refractivity contribution in [1.29, 1.82) is 0 Å². The smallest absolute Gasteiger partial charge is 0.158 e. The number of quaternary nitrogens is 3. The summed E-state index contributed by atoms with van der Waals surface area (Å²) in [5.41, 5.74) is 6.03. The van der Waals surface area contributed by atoms with Crippen LogP contribution in [0.25, 0.3) is 0 Å². The van der Waals surface area contributed by atoms with E-state index in [0.29, 0.717) is 5.54 Å². The van der Waals surface area contributed by atoms with Gasteiger partial charge in [-0.2, -0.15) is 0 Å². The summed E-state index contributed by atoms with van der Waals surface area (Å²) in [7, 11) is 0. The Morgan fingerprint density at radius 3 is 2.43 bits per heavy atom. The molecule has 128 valence electrons. The molecule has 1 aromatic rings. The molecule has 5 N–H and O–H groups in total.